The molecule has 0 aliphatic carbocycles. The van der Waals surface area contributed by atoms with Gasteiger partial charge in [-0.2, -0.15) is 0 Å². The third-order valence-electron chi connectivity index (χ3n) is 4.93. The maximum Gasteiger partial charge on any atom is 0.191 e. The van der Waals surface area contributed by atoms with Crippen LogP contribution in [0.25, 0.3) is 10.6 Å². The van der Waals surface area contributed by atoms with Crippen LogP contribution in [-0.2, 0) is 12.3 Å². The lowest BCUT2D eigenvalue weighted by Gasteiger charge is -2.15. The molecule has 2 aromatic carbocycles. The second-order valence-corrected chi connectivity index (χ2v) is 9.26. The van der Waals surface area contributed by atoms with E-state index in [9.17, 15) is 0 Å². The molecule has 7 heteroatoms. The summed E-state index contributed by atoms with van der Waals surface area (Å²) in [6.07, 6.45) is -0.184. The molecule has 2 heterocycles. The van der Waals surface area contributed by atoms with Crippen molar-refractivity contribution in [3.63, 3.8) is 0 Å². The maximum absolute atomic E-state index is 6.09. The Morgan fingerprint density at radius 2 is 1.87 bits per heavy atom. The van der Waals surface area contributed by atoms with Gasteiger partial charge in [-0.05, 0) is 45.9 Å². The number of aryl methyl sites for hydroxylation is 2. The molecule has 1 unspecified atom stereocenters. The summed E-state index contributed by atoms with van der Waals surface area (Å²) >= 11 is 3.34. The van der Waals surface area contributed by atoms with Crippen LogP contribution in [0.1, 0.15) is 42.6 Å². The molecule has 4 rings (SSSR count). The van der Waals surface area contributed by atoms with Crippen molar-refractivity contribution < 1.29 is 4.74 Å². The first-order chi connectivity index (χ1) is 15.0. The lowest BCUT2D eigenvalue weighted by atomic mass is 10.1. The minimum absolute atomic E-state index is 0.184. The van der Waals surface area contributed by atoms with Crippen LogP contribution in [0.15, 0.2) is 59.1 Å². The van der Waals surface area contributed by atoms with Gasteiger partial charge >= 0.3 is 0 Å². The summed E-state index contributed by atoms with van der Waals surface area (Å²) in [6, 6.07) is 16.5. The molecular weight excluding hydrogens is 424 g/mol. The van der Waals surface area contributed by atoms with E-state index in [0.29, 0.717) is 0 Å². The monoisotopic (exact) mass is 450 g/mol. The minimum Gasteiger partial charge on any atom is -0.483 e. The number of hydrogen-bond acceptors (Lipinski definition) is 6. The zero-order chi connectivity index (χ0) is 21.8. The van der Waals surface area contributed by atoms with Crippen molar-refractivity contribution in [3.8, 4) is 16.3 Å². The maximum atomic E-state index is 6.09. The molecule has 0 spiro atoms. The van der Waals surface area contributed by atoms with E-state index in [0.717, 1.165) is 39.7 Å². The van der Waals surface area contributed by atoms with Gasteiger partial charge in [-0.25, -0.2) is 4.98 Å². The summed E-state index contributed by atoms with van der Waals surface area (Å²) in [5.41, 5.74) is 4.68. The van der Waals surface area contributed by atoms with Gasteiger partial charge in [0.05, 0.1) is 5.69 Å². The third-order valence-corrected chi connectivity index (χ3v) is 6.87. The van der Waals surface area contributed by atoms with E-state index in [-0.39, 0.29) is 6.10 Å². The van der Waals surface area contributed by atoms with Crippen LogP contribution in [0.4, 0.5) is 0 Å². The summed E-state index contributed by atoms with van der Waals surface area (Å²) in [4.78, 5) is 4.81. The fourth-order valence-electron chi connectivity index (χ4n) is 3.30. The second-order valence-electron chi connectivity index (χ2n) is 7.46. The lowest BCUT2D eigenvalue weighted by molar-refractivity contribution is 0.210. The Morgan fingerprint density at radius 1 is 1.06 bits per heavy atom. The van der Waals surface area contributed by atoms with Crippen molar-refractivity contribution in [1.29, 1.82) is 0 Å². The Hall–Kier alpha value is -2.64. The zero-order valence-corrected chi connectivity index (χ0v) is 19.8. The van der Waals surface area contributed by atoms with E-state index in [2.05, 4.69) is 65.2 Å². The Bertz CT molecular complexity index is 1150. The van der Waals surface area contributed by atoms with E-state index in [1.807, 2.05) is 31.2 Å². The Kier molecular flexibility index (Phi) is 6.73. The van der Waals surface area contributed by atoms with Gasteiger partial charge in [0, 0.05) is 23.2 Å². The molecular formula is C24H26N4OS2. The minimum atomic E-state index is -0.184. The third kappa shape index (κ3) is 5.17. The van der Waals surface area contributed by atoms with Crippen LogP contribution in [0.3, 0.4) is 0 Å². The zero-order valence-electron chi connectivity index (χ0n) is 18.2. The number of thiazole rings is 1. The van der Waals surface area contributed by atoms with Crippen molar-refractivity contribution in [2.45, 2.75) is 51.3 Å². The van der Waals surface area contributed by atoms with Gasteiger partial charge in [0.1, 0.15) is 10.8 Å². The standard InChI is InChI=1S/C24H26N4OS2/c1-5-28-22(18(4)29-21-11-9-16(2)10-12-21)26-27-24(28)31-15-20-14-30-23(25-20)19-8-6-7-17(3)13-19/h6-14,18H,5,15H2,1-4H3. The average Bonchev–Trinajstić information content (AvgIpc) is 3.40. The molecule has 0 bridgehead atoms. The quantitative estimate of drug-likeness (QED) is 0.288. The number of hydrogen-bond donors (Lipinski definition) is 0. The highest BCUT2D eigenvalue weighted by Crippen LogP contribution is 2.29. The van der Waals surface area contributed by atoms with Gasteiger partial charge in [0.15, 0.2) is 17.1 Å². The Morgan fingerprint density at radius 3 is 2.61 bits per heavy atom. The number of ether oxygens (including phenoxy) is 1. The SMILES string of the molecule is CCn1c(SCc2csc(-c3cccc(C)c3)n2)nnc1C(C)Oc1ccc(C)cc1. The van der Waals surface area contributed by atoms with Crippen molar-refractivity contribution in [3.05, 3.63) is 76.6 Å². The molecule has 4 aromatic rings. The summed E-state index contributed by atoms with van der Waals surface area (Å²) < 4.78 is 8.22. The van der Waals surface area contributed by atoms with Gasteiger partial charge in [0.25, 0.3) is 0 Å². The molecule has 0 N–H and O–H groups in total. The molecule has 0 fully saturated rings. The first-order valence-corrected chi connectivity index (χ1v) is 12.2. The number of benzene rings is 2. The van der Waals surface area contributed by atoms with Crippen LogP contribution >= 0.6 is 23.1 Å². The number of thioether (sulfide) groups is 1. The van der Waals surface area contributed by atoms with Crippen LogP contribution in [0.5, 0.6) is 5.75 Å². The molecule has 0 amide bonds. The Labute approximate surface area is 191 Å². The van der Waals surface area contributed by atoms with Gasteiger partial charge in [-0.1, -0.05) is 53.2 Å². The fourth-order valence-corrected chi connectivity index (χ4v) is 5.12. The molecule has 0 saturated heterocycles. The van der Waals surface area contributed by atoms with Gasteiger partial charge in [0.2, 0.25) is 0 Å². The number of rotatable bonds is 8. The molecule has 31 heavy (non-hydrogen) atoms. The molecule has 5 nitrogen and oxygen atoms in total. The molecule has 0 aliphatic heterocycles. The van der Waals surface area contributed by atoms with Gasteiger partial charge in [-0.3, -0.25) is 0 Å². The van der Waals surface area contributed by atoms with E-state index in [4.69, 9.17) is 9.72 Å². The summed E-state index contributed by atoms with van der Waals surface area (Å²) in [5.74, 6) is 2.43. The number of nitrogens with zero attached hydrogens (tertiary/aromatic N) is 4. The molecule has 1 atom stereocenters. The van der Waals surface area contributed by atoms with Crippen molar-refractivity contribution >= 4 is 23.1 Å². The summed E-state index contributed by atoms with van der Waals surface area (Å²) in [5, 5.41) is 12.9. The molecule has 160 valence electrons. The van der Waals surface area contributed by atoms with E-state index in [1.54, 1.807) is 23.1 Å². The normalized spacial score (nSPS) is 12.1. The molecule has 0 radical (unpaired) electrons. The van der Waals surface area contributed by atoms with E-state index < -0.39 is 0 Å². The van der Waals surface area contributed by atoms with Crippen molar-refractivity contribution in [2.24, 2.45) is 0 Å². The van der Waals surface area contributed by atoms with Crippen LogP contribution in [0, 0.1) is 13.8 Å². The lowest BCUT2D eigenvalue weighted by Crippen LogP contribution is -2.12. The second kappa shape index (κ2) is 9.66. The fraction of sp³-hybridized carbons (Fsp3) is 0.292. The topological polar surface area (TPSA) is 52.8 Å². The molecule has 0 saturated carbocycles. The predicted molar refractivity (Wildman–Crippen MR) is 128 cm³/mol. The first kappa shape index (κ1) is 21.6. The smallest absolute Gasteiger partial charge is 0.191 e. The van der Waals surface area contributed by atoms with E-state index in [1.165, 1.54) is 16.7 Å². The first-order valence-electron chi connectivity index (χ1n) is 10.3. The van der Waals surface area contributed by atoms with Crippen LogP contribution in [-0.4, -0.2) is 19.7 Å². The highest BCUT2D eigenvalue weighted by Gasteiger charge is 2.19. The largest absolute Gasteiger partial charge is 0.483 e. The van der Waals surface area contributed by atoms with Crippen molar-refractivity contribution in [2.75, 3.05) is 0 Å². The van der Waals surface area contributed by atoms with E-state index >= 15 is 0 Å². The highest BCUT2D eigenvalue weighted by atomic mass is 32.2. The summed E-state index contributed by atoms with van der Waals surface area (Å²) in [7, 11) is 0. The number of aromatic nitrogens is 4. The van der Waals surface area contributed by atoms with Gasteiger partial charge < -0.3 is 9.30 Å². The average molecular weight is 451 g/mol. The predicted octanol–water partition coefficient (Wildman–Crippen LogP) is 6.47. The van der Waals surface area contributed by atoms with Crippen molar-refractivity contribution in [1.82, 2.24) is 19.7 Å². The molecule has 0 aliphatic rings. The molecule has 2 aromatic heterocycles. The summed E-state index contributed by atoms with van der Waals surface area (Å²) in [6.45, 7) is 9.08. The van der Waals surface area contributed by atoms with Crippen LogP contribution < -0.4 is 4.74 Å². The highest BCUT2D eigenvalue weighted by molar-refractivity contribution is 7.98. The van der Waals surface area contributed by atoms with Gasteiger partial charge in [-0.15, -0.1) is 21.5 Å². The van der Waals surface area contributed by atoms with Crippen LogP contribution in [0.2, 0.25) is 0 Å². The Balaban J connectivity index is 1.44.